The Kier molecular flexibility index (Phi) is 8.36. The van der Waals surface area contributed by atoms with Crippen LogP contribution in [0.25, 0.3) is 0 Å². The van der Waals surface area contributed by atoms with Gasteiger partial charge in [0.2, 0.25) is 0 Å². The van der Waals surface area contributed by atoms with E-state index in [-0.39, 0.29) is 17.5 Å². The third-order valence-corrected chi connectivity index (χ3v) is 4.37. The largest absolute Gasteiger partial charge is 0.462 e. The van der Waals surface area contributed by atoms with Crippen molar-refractivity contribution in [3.05, 3.63) is 0 Å². The van der Waals surface area contributed by atoms with Crippen LogP contribution < -0.4 is 0 Å². The minimum atomic E-state index is -0.304. The zero-order valence-electron chi connectivity index (χ0n) is 14.1. The fourth-order valence-electron chi connectivity index (χ4n) is 2.77. The van der Waals surface area contributed by atoms with Crippen molar-refractivity contribution < 1.29 is 9.53 Å². The number of carbonyl (C=O) groups excluding carboxylic acids is 1. The van der Waals surface area contributed by atoms with Crippen LogP contribution >= 0.6 is 0 Å². The molecule has 0 spiro atoms. The maximum absolute atomic E-state index is 11.9. The lowest BCUT2D eigenvalue weighted by Gasteiger charge is -2.27. The maximum Gasteiger partial charge on any atom is 0.311 e. The Hall–Kier alpha value is -0.530. The third kappa shape index (κ3) is 4.81. The summed E-state index contributed by atoms with van der Waals surface area (Å²) in [5.41, 5.74) is -0.304. The highest BCUT2D eigenvalue weighted by Crippen LogP contribution is 2.46. The van der Waals surface area contributed by atoms with Crippen molar-refractivity contribution in [1.29, 1.82) is 0 Å². The molecule has 114 valence electrons. The Balaban J connectivity index is 0.000000741. The molecule has 2 aliphatic carbocycles. The van der Waals surface area contributed by atoms with Gasteiger partial charge in [0.05, 0.1) is 5.41 Å². The molecule has 0 aromatic carbocycles. The number of carbonyl (C=O) groups is 1. The second-order valence-corrected chi connectivity index (χ2v) is 5.86. The van der Waals surface area contributed by atoms with Gasteiger partial charge in [-0.25, -0.2) is 0 Å². The van der Waals surface area contributed by atoms with Gasteiger partial charge in [-0.05, 0) is 57.8 Å². The van der Waals surface area contributed by atoms with E-state index in [1.807, 2.05) is 48.5 Å². The molecule has 2 fully saturated rings. The number of hydrogen-bond acceptors (Lipinski definition) is 2. The van der Waals surface area contributed by atoms with Gasteiger partial charge in [0, 0.05) is 0 Å². The highest BCUT2D eigenvalue weighted by Gasteiger charge is 2.43. The predicted octanol–water partition coefficient (Wildman–Crippen LogP) is 5.21. The summed E-state index contributed by atoms with van der Waals surface area (Å²) in [6, 6.07) is 0. The highest BCUT2D eigenvalue weighted by molar-refractivity contribution is 5.76. The molecule has 3 unspecified atom stereocenters. The zero-order valence-corrected chi connectivity index (χ0v) is 14.1. The molecule has 0 radical (unpaired) electrons. The van der Waals surface area contributed by atoms with Gasteiger partial charge in [-0.2, -0.15) is 0 Å². The smallest absolute Gasteiger partial charge is 0.311 e. The first-order chi connectivity index (χ1) is 9.03. The molecule has 0 heterocycles. The third-order valence-electron chi connectivity index (χ3n) is 4.37. The molecule has 0 amide bonds. The average molecular weight is 270 g/mol. The van der Waals surface area contributed by atoms with Gasteiger partial charge in [0.25, 0.3) is 0 Å². The number of rotatable bonds is 3. The molecule has 2 heteroatoms. The van der Waals surface area contributed by atoms with Gasteiger partial charge < -0.3 is 4.74 Å². The summed E-state index contributed by atoms with van der Waals surface area (Å²) in [5, 5.41) is 0. The SMILES string of the molecule is CC.CC.CCC(C)(C)C(=O)OC1CC2CCC1C2. The van der Waals surface area contributed by atoms with Crippen LogP contribution in [-0.4, -0.2) is 12.1 Å². The first-order valence-corrected chi connectivity index (χ1v) is 8.24. The number of esters is 1. The molecule has 2 saturated carbocycles. The van der Waals surface area contributed by atoms with Crippen LogP contribution in [0.3, 0.4) is 0 Å². The van der Waals surface area contributed by atoms with Gasteiger partial charge in [0.1, 0.15) is 6.10 Å². The number of fused-ring (bicyclic) bond motifs is 2. The highest BCUT2D eigenvalue weighted by atomic mass is 16.5. The van der Waals surface area contributed by atoms with Gasteiger partial charge >= 0.3 is 5.97 Å². The molecule has 0 aromatic rings. The molecule has 2 nitrogen and oxygen atoms in total. The topological polar surface area (TPSA) is 26.3 Å². The second-order valence-electron chi connectivity index (χ2n) is 5.86. The van der Waals surface area contributed by atoms with Crippen molar-refractivity contribution >= 4 is 5.97 Å². The molecule has 0 aliphatic heterocycles. The van der Waals surface area contributed by atoms with Crippen molar-refractivity contribution in [1.82, 2.24) is 0 Å². The Labute approximate surface area is 120 Å². The van der Waals surface area contributed by atoms with E-state index >= 15 is 0 Å². The van der Waals surface area contributed by atoms with Crippen LogP contribution in [0.15, 0.2) is 0 Å². The van der Waals surface area contributed by atoms with E-state index in [1.165, 1.54) is 19.3 Å². The Morgan fingerprint density at radius 3 is 2.05 bits per heavy atom. The van der Waals surface area contributed by atoms with Gasteiger partial charge in [-0.15, -0.1) is 0 Å². The molecule has 0 aromatic heterocycles. The molecule has 3 atom stereocenters. The lowest BCUT2D eigenvalue weighted by atomic mass is 9.90. The Bertz CT molecular complexity index is 258. The summed E-state index contributed by atoms with van der Waals surface area (Å²) in [6.07, 6.45) is 6.14. The Morgan fingerprint density at radius 1 is 1.11 bits per heavy atom. The number of ether oxygens (including phenoxy) is 1. The standard InChI is InChI=1S/C13H22O2.2C2H6/c1-4-13(2,3)12(14)15-11-8-9-5-6-10(11)7-9;2*1-2/h9-11H,4-8H2,1-3H3;2*1-2H3. The normalized spacial score (nSPS) is 27.8. The van der Waals surface area contributed by atoms with E-state index in [9.17, 15) is 4.79 Å². The van der Waals surface area contributed by atoms with Gasteiger partial charge in [0.15, 0.2) is 0 Å². The van der Waals surface area contributed by atoms with Crippen molar-refractivity contribution in [2.24, 2.45) is 17.3 Å². The molecule has 2 bridgehead atoms. The quantitative estimate of drug-likeness (QED) is 0.658. The minimum Gasteiger partial charge on any atom is -0.462 e. The molecule has 2 aliphatic rings. The fourth-order valence-corrected chi connectivity index (χ4v) is 2.77. The van der Waals surface area contributed by atoms with E-state index in [0.29, 0.717) is 5.92 Å². The summed E-state index contributed by atoms with van der Waals surface area (Å²) >= 11 is 0. The first kappa shape index (κ1) is 18.5. The van der Waals surface area contributed by atoms with Crippen molar-refractivity contribution in [2.75, 3.05) is 0 Å². The monoisotopic (exact) mass is 270 g/mol. The van der Waals surface area contributed by atoms with Crippen LogP contribution in [0.1, 0.15) is 80.6 Å². The second kappa shape index (κ2) is 8.60. The van der Waals surface area contributed by atoms with E-state index in [0.717, 1.165) is 18.8 Å². The van der Waals surface area contributed by atoms with Crippen LogP contribution in [0.5, 0.6) is 0 Å². The summed E-state index contributed by atoms with van der Waals surface area (Å²) in [4.78, 5) is 11.9. The fraction of sp³-hybridized carbons (Fsp3) is 0.941. The molecule has 0 saturated heterocycles. The van der Waals surface area contributed by atoms with Crippen molar-refractivity contribution in [2.45, 2.75) is 86.7 Å². The molecular weight excluding hydrogens is 236 g/mol. The zero-order chi connectivity index (χ0) is 15.1. The van der Waals surface area contributed by atoms with E-state index in [1.54, 1.807) is 0 Å². The van der Waals surface area contributed by atoms with Crippen LogP contribution in [-0.2, 0) is 9.53 Å². The first-order valence-electron chi connectivity index (χ1n) is 8.24. The summed E-state index contributed by atoms with van der Waals surface area (Å²) in [5.74, 6) is 1.52. The van der Waals surface area contributed by atoms with E-state index < -0.39 is 0 Å². The molecule has 2 rings (SSSR count). The van der Waals surface area contributed by atoms with Gasteiger partial charge in [-0.3, -0.25) is 4.79 Å². The molecule has 0 N–H and O–H groups in total. The van der Waals surface area contributed by atoms with Crippen LogP contribution in [0.4, 0.5) is 0 Å². The summed E-state index contributed by atoms with van der Waals surface area (Å²) in [7, 11) is 0. The Morgan fingerprint density at radius 2 is 1.68 bits per heavy atom. The van der Waals surface area contributed by atoms with Crippen molar-refractivity contribution in [3.63, 3.8) is 0 Å². The lowest BCUT2D eigenvalue weighted by molar-refractivity contribution is -0.162. The maximum atomic E-state index is 11.9. The van der Waals surface area contributed by atoms with E-state index in [4.69, 9.17) is 4.74 Å². The van der Waals surface area contributed by atoms with Crippen LogP contribution in [0, 0.1) is 17.3 Å². The minimum absolute atomic E-state index is 0.00236. The summed E-state index contributed by atoms with van der Waals surface area (Å²) in [6.45, 7) is 14.0. The van der Waals surface area contributed by atoms with Crippen molar-refractivity contribution in [3.8, 4) is 0 Å². The van der Waals surface area contributed by atoms with Crippen LogP contribution in [0.2, 0.25) is 0 Å². The van der Waals surface area contributed by atoms with E-state index in [2.05, 4.69) is 0 Å². The molecule has 19 heavy (non-hydrogen) atoms. The summed E-state index contributed by atoms with van der Waals surface area (Å²) < 4.78 is 5.66. The lowest BCUT2D eigenvalue weighted by Crippen LogP contribution is -2.32. The number of hydrogen-bond donors (Lipinski definition) is 0. The predicted molar refractivity (Wildman–Crippen MR) is 82.1 cm³/mol. The van der Waals surface area contributed by atoms with Gasteiger partial charge in [-0.1, -0.05) is 34.6 Å². The molecular formula is C17H34O2. The average Bonchev–Trinajstić information content (AvgIpc) is 3.05.